The van der Waals surface area contributed by atoms with E-state index in [1.807, 2.05) is 31.2 Å². The Balaban J connectivity index is 1.28. The number of ether oxygens (including phenoxy) is 2. The second-order valence-corrected chi connectivity index (χ2v) is 15.5. The second-order valence-electron chi connectivity index (χ2n) is 14.0. The summed E-state index contributed by atoms with van der Waals surface area (Å²) in [6, 6.07) is 9.42. The highest BCUT2D eigenvalue weighted by atomic mass is 35.5. The van der Waals surface area contributed by atoms with Crippen LogP contribution in [0.4, 0.5) is 10.6 Å². The first kappa shape index (κ1) is 33.9. The number of benzene rings is 2. The molecule has 52 heavy (non-hydrogen) atoms. The number of phenols is 1. The summed E-state index contributed by atoms with van der Waals surface area (Å²) >= 11 is 7.82. The number of fused-ring (bicyclic) bond motifs is 5. The third kappa shape index (κ3) is 4.46. The third-order valence-electron chi connectivity index (χ3n) is 11.5. The van der Waals surface area contributed by atoms with E-state index >= 15 is 4.79 Å². The second kappa shape index (κ2) is 11.7. The molecule has 8 rings (SSSR count). The number of nitrogens with two attached hydrogens (primary N) is 1. The molecule has 15 heteroatoms. The molecule has 4 aliphatic rings. The van der Waals surface area contributed by atoms with Crippen LogP contribution in [-0.4, -0.2) is 63.7 Å². The molecule has 1 saturated carbocycles. The summed E-state index contributed by atoms with van der Waals surface area (Å²) in [5, 5.41) is 17.2. The molecule has 268 valence electrons. The molecule has 2 aliphatic heterocycles. The lowest BCUT2D eigenvalue weighted by Gasteiger charge is -2.49. The summed E-state index contributed by atoms with van der Waals surface area (Å²) in [6.45, 7) is 3.72. The van der Waals surface area contributed by atoms with E-state index in [4.69, 9.17) is 31.9 Å². The lowest BCUT2D eigenvalue weighted by molar-refractivity contribution is -0.136. The predicted octanol–water partition coefficient (Wildman–Crippen LogP) is 5.30. The van der Waals surface area contributed by atoms with Crippen molar-refractivity contribution in [1.82, 2.24) is 14.7 Å². The number of methoxy groups -OCH3 is 2. The van der Waals surface area contributed by atoms with Crippen molar-refractivity contribution >= 4 is 68.5 Å². The maximum atomic E-state index is 15.1. The van der Waals surface area contributed by atoms with Crippen molar-refractivity contribution in [2.24, 2.45) is 41.9 Å². The number of carbonyl (C=O) groups is 5. The number of hydrogen-bond donors (Lipinski definition) is 2. The molecule has 4 heterocycles. The first-order valence-corrected chi connectivity index (χ1v) is 17.9. The fraction of sp³-hybridized carbons (Fsp3) is 0.351. The lowest BCUT2D eigenvalue weighted by atomic mass is 9.51. The zero-order chi connectivity index (χ0) is 37.1. The average molecular weight is 744 g/mol. The van der Waals surface area contributed by atoms with Crippen LogP contribution in [0.15, 0.2) is 48.0 Å². The number of thiophene rings is 1. The lowest BCUT2D eigenvalue weighted by Crippen LogP contribution is -2.49. The topological polar surface area (TPSA) is 174 Å². The standard InChI is InChI=1S/C37H34ClN5O8S/c1-15-20-12-17(38)6-9-26(20)52-31(15)23-14-27(41(3)40-23)42-33(46)22-13-21-18(7-8-19-28(21)34(47)43(32(19)45)36(39)49)29(37(22,2)35(42)48)16-10-24(50-4)30(44)25(11-16)51-5/h6-7,9-12,14,19,21-22,28-29,44H,8,13H2,1-5H3,(H2,39,49)/t19-,21+,22-,28-,29-,37+/m0/s1. The van der Waals surface area contributed by atoms with E-state index in [0.717, 1.165) is 20.5 Å². The number of aromatic nitrogens is 2. The van der Waals surface area contributed by atoms with Gasteiger partial charge in [0.1, 0.15) is 11.5 Å². The van der Waals surface area contributed by atoms with Gasteiger partial charge in [-0.3, -0.25) is 23.9 Å². The van der Waals surface area contributed by atoms with Gasteiger partial charge in [-0.25, -0.2) is 9.69 Å². The van der Waals surface area contributed by atoms with E-state index in [0.29, 0.717) is 26.8 Å². The van der Waals surface area contributed by atoms with Gasteiger partial charge in [0, 0.05) is 28.8 Å². The number of hydrogen-bond acceptors (Lipinski definition) is 10. The number of amides is 6. The number of aryl methyl sites for hydroxylation is 2. The number of urea groups is 1. The van der Waals surface area contributed by atoms with Gasteiger partial charge in [-0.1, -0.05) is 23.3 Å². The summed E-state index contributed by atoms with van der Waals surface area (Å²) in [5.74, 6) is -6.39. The number of imide groups is 4. The SMILES string of the molecule is COc1cc([C@H]2C3=CC[C@@H]4C(=O)N(C(N)=O)C(=O)[C@@H]4[C@@H]3C[C@H]3C(=O)N(c4cc(-c5sc6ccc(Cl)cc6c5C)nn4C)C(=O)[C@@]23C)cc(OC)c1O. The molecule has 3 N–H and O–H groups in total. The molecule has 6 atom stereocenters. The van der Waals surface area contributed by atoms with Crippen molar-refractivity contribution in [2.75, 3.05) is 19.1 Å². The number of rotatable bonds is 5. The fourth-order valence-corrected chi connectivity index (χ4v) is 10.4. The maximum absolute atomic E-state index is 15.1. The van der Waals surface area contributed by atoms with Crippen molar-refractivity contribution < 1.29 is 38.6 Å². The Hall–Kier alpha value is -5.21. The first-order valence-electron chi connectivity index (χ1n) is 16.7. The molecule has 2 aromatic carbocycles. The zero-order valence-corrected chi connectivity index (χ0v) is 30.4. The summed E-state index contributed by atoms with van der Waals surface area (Å²) in [5.41, 5.74) is 6.81. The van der Waals surface area contributed by atoms with Crippen LogP contribution in [0.1, 0.15) is 36.8 Å². The summed E-state index contributed by atoms with van der Waals surface area (Å²) in [4.78, 5) is 71.7. The molecule has 2 saturated heterocycles. The molecule has 2 aromatic heterocycles. The van der Waals surface area contributed by atoms with E-state index in [1.54, 1.807) is 32.2 Å². The van der Waals surface area contributed by atoms with Crippen LogP contribution in [0.3, 0.4) is 0 Å². The van der Waals surface area contributed by atoms with Gasteiger partial charge in [0.15, 0.2) is 11.5 Å². The van der Waals surface area contributed by atoms with Gasteiger partial charge >= 0.3 is 6.03 Å². The number of likely N-dealkylation sites (tertiary alicyclic amines) is 1. The molecule has 0 bridgehead atoms. The number of nitrogens with zero attached hydrogens (tertiary/aromatic N) is 4. The van der Waals surface area contributed by atoms with Gasteiger partial charge in [0.2, 0.25) is 29.4 Å². The average Bonchev–Trinajstić information content (AvgIpc) is 3.78. The molecule has 3 fully saturated rings. The molecule has 4 aromatic rings. The molecular formula is C37H34ClN5O8S. The number of allylic oxidation sites excluding steroid dienone is 2. The largest absolute Gasteiger partial charge is 0.502 e. The van der Waals surface area contributed by atoms with Crippen LogP contribution in [-0.2, 0) is 26.2 Å². The predicted molar refractivity (Wildman–Crippen MR) is 191 cm³/mol. The summed E-state index contributed by atoms with van der Waals surface area (Å²) < 4.78 is 13.5. The maximum Gasteiger partial charge on any atom is 0.328 e. The number of aromatic hydroxyl groups is 1. The zero-order valence-electron chi connectivity index (χ0n) is 28.8. The van der Waals surface area contributed by atoms with Crippen LogP contribution in [0.2, 0.25) is 5.02 Å². The highest BCUT2D eigenvalue weighted by Gasteiger charge is 2.68. The minimum Gasteiger partial charge on any atom is -0.502 e. The van der Waals surface area contributed by atoms with Crippen LogP contribution in [0.25, 0.3) is 20.7 Å². The number of carbonyl (C=O) groups excluding carboxylic acids is 5. The Labute approximate surface area is 306 Å². The van der Waals surface area contributed by atoms with Gasteiger partial charge in [-0.15, -0.1) is 11.3 Å². The van der Waals surface area contributed by atoms with Crippen molar-refractivity contribution in [2.45, 2.75) is 32.6 Å². The summed E-state index contributed by atoms with van der Waals surface area (Å²) in [6.07, 6.45) is 2.05. The summed E-state index contributed by atoms with van der Waals surface area (Å²) in [7, 11) is 4.44. The van der Waals surface area contributed by atoms with E-state index in [-0.39, 0.29) is 35.9 Å². The van der Waals surface area contributed by atoms with Crippen LogP contribution in [0, 0.1) is 36.0 Å². The quantitative estimate of drug-likeness (QED) is 0.203. The Bertz CT molecular complexity index is 2310. The molecule has 0 spiro atoms. The fourth-order valence-electron chi connectivity index (χ4n) is 9.13. The van der Waals surface area contributed by atoms with Gasteiger partial charge in [-0.05, 0) is 79.5 Å². The van der Waals surface area contributed by atoms with Crippen molar-refractivity contribution in [3.63, 3.8) is 0 Å². The molecule has 0 radical (unpaired) electrons. The van der Waals surface area contributed by atoms with Crippen LogP contribution >= 0.6 is 22.9 Å². The van der Waals surface area contributed by atoms with E-state index in [2.05, 4.69) is 0 Å². The number of primary amides is 1. The first-order chi connectivity index (χ1) is 24.7. The number of halogens is 1. The molecule has 2 aliphatic carbocycles. The van der Waals surface area contributed by atoms with Gasteiger partial charge in [0.05, 0.1) is 42.3 Å². The van der Waals surface area contributed by atoms with Crippen molar-refractivity contribution in [1.29, 1.82) is 0 Å². The van der Waals surface area contributed by atoms with Gasteiger partial charge in [-0.2, -0.15) is 10.00 Å². The van der Waals surface area contributed by atoms with Crippen LogP contribution < -0.4 is 20.1 Å². The normalized spacial score (nSPS) is 26.8. The smallest absolute Gasteiger partial charge is 0.328 e. The monoisotopic (exact) mass is 743 g/mol. The molecule has 13 nitrogen and oxygen atoms in total. The Kier molecular flexibility index (Phi) is 7.60. The highest BCUT2D eigenvalue weighted by molar-refractivity contribution is 7.22. The van der Waals surface area contributed by atoms with Gasteiger partial charge in [0.25, 0.3) is 0 Å². The molecule has 6 amide bonds. The number of anilines is 1. The minimum absolute atomic E-state index is 0.0694. The highest BCUT2D eigenvalue weighted by Crippen LogP contribution is 2.64. The van der Waals surface area contributed by atoms with Crippen molar-refractivity contribution in [3.05, 3.63) is 64.2 Å². The Morgan fingerprint density at radius 3 is 2.38 bits per heavy atom. The van der Waals surface area contributed by atoms with Crippen molar-refractivity contribution in [3.8, 4) is 27.8 Å². The molecule has 0 unspecified atom stereocenters. The van der Waals surface area contributed by atoms with E-state index in [1.165, 1.54) is 35.1 Å². The van der Waals surface area contributed by atoms with Crippen LogP contribution in [0.5, 0.6) is 17.2 Å². The minimum atomic E-state index is -1.40. The van der Waals surface area contributed by atoms with Gasteiger partial charge < -0.3 is 20.3 Å². The molecular weight excluding hydrogens is 710 g/mol. The van der Waals surface area contributed by atoms with E-state index < -0.39 is 64.7 Å². The number of phenolic OH excluding ortho intramolecular Hbond substituents is 1. The Morgan fingerprint density at radius 1 is 1.04 bits per heavy atom. The Morgan fingerprint density at radius 2 is 1.73 bits per heavy atom. The van der Waals surface area contributed by atoms with E-state index in [9.17, 15) is 24.3 Å². The third-order valence-corrected chi connectivity index (χ3v) is 13.1.